The molecule has 1 aromatic heterocycles. The molecule has 1 aliphatic rings. The zero-order chi connectivity index (χ0) is 16.7. The van der Waals surface area contributed by atoms with Gasteiger partial charge in [0.2, 0.25) is 11.8 Å². The number of amides is 2. The number of carbonyl (C=O) groups is 2. The third-order valence-corrected chi connectivity index (χ3v) is 5.08. The van der Waals surface area contributed by atoms with Gasteiger partial charge in [-0.15, -0.1) is 0 Å². The maximum atomic E-state index is 12.0. The second-order valence-electron chi connectivity index (χ2n) is 6.44. The lowest BCUT2D eigenvalue weighted by atomic mass is 9.89. The minimum atomic E-state index is -1.07. The molecule has 0 saturated heterocycles. The Morgan fingerprint density at radius 2 is 2.04 bits per heavy atom. The normalized spacial score (nSPS) is 18.2. The molecule has 1 atom stereocenters. The summed E-state index contributed by atoms with van der Waals surface area (Å²) in [6.45, 7) is 2.20. The number of nitrogens with one attached hydrogen (secondary N) is 2. The monoisotopic (exact) mass is 338 g/mol. The van der Waals surface area contributed by atoms with Crippen LogP contribution in [0.5, 0.6) is 0 Å². The van der Waals surface area contributed by atoms with E-state index in [1.807, 2.05) is 16.8 Å². The Bertz CT molecular complexity index is 508. The molecule has 0 aromatic carbocycles. The van der Waals surface area contributed by atoms with Crippen molar-refractivity contribution < 1.29 is 14.7 Å². The fourth-order valence-electron chi connectivity index (χ4n) is 2.84. The zero-order valence-corrected chi connectivity index (χ0v) is 14.5. The molecule has 6 heteroatoms. The van der Waals surface area contributed by atoms with Crippen molar-refractivity contribution in [3.05, 3.63) is 22.4 Å². The van der Waals surface area contributed by atoms with Gasteiger partial charge in [0.1, 0.15) is 5.60 Å². The van der Waals surface area contributed by atoms with Gasteiger partial charge in [-0.25, -0.2) is 0 Å². The average molecular weight is 338 g/mol. The summed E-state index contributed by atoms with van der Waals surface area (Å²) in [6.07, 6.45) is 5.62. The molecule has 1 unspecified atom stereocenters. The van der Waals surface area contributed by atoms with Crippen molar-refractivity contribution in [3.8, 4) is 0 Å². The van der Waals surface area contributed by atoms with E-state index in [0.29, 0.717) is 6.54 Å². The van der Waals surface area contributed by atoms with Crippen LogP contribution in [-0.4, -0.2) is 30.0 Å². The molecule has 23 heavy (non-hydrogen) atoms. The standard InChI is InChI=1S/C17H26N2O3S/c1-17(22,14-8-10-23-11-14)12-19-15(20)7-9-18-16(21)13-5-3-2-4-6-13/h8,10-11,13,22H,2-7,9,12H2,1H3,(H,18,21)(H,19,20). The van der Waals surface area contributed by atoms with Crippen molar-refractivity contribution >= 4 is 23.2 Å². The van der Waals surface area contributed by atoms with E-state index in [9.17, 15) is 14.7 Å². The van der Waals surface area contributed by atoms with E-state index in [1.165, 1.54) is 17.8 Å². The molecule has 1 aromatic rings. The predicted molar refractivity (Wildman–Crippen MR) is 91.1 cm³/mol. The molecular formula is C17H26N2O3S. The summed E-state index contributed by atoms with van der Waals surface area (Å²) in [5.41, 5.74) is -0.269. The Kier molecular flexibility index (Phi) is 6.59. The number of carbonyl (C=O) groups excluding carboxylic acids is 2. The van der Waals surface area contributed by atoms with Crippen LogP contribution in [-0.2, 0) is 15.2 Å². The number of hydrogen-bond acceptors (Lipinski definition) is 4. The van der Waals surface area contributed by atoms with Crippen LogP contribution in [0.4, 0.5) is 0 Å². The Balaban J connectivity index is 1.64. The van der Waals surface area contributed by atoms with Crippen molar-refractivity contribution in [2.75, 3.05) is 13.1 Å². The number of rotatable bonds is 7. The van der Waals surface area contributed by atoms with Gasteiger partial charge in [-0.3, -0.25) is 9.59 Å². The van der Waals surface area contributed by atoms with Crippen LogP contribution in [0, 0.1) is 5.92 Å². The van der Waals surface area contributed by atoms with Crippen molar-refractivity contribution in [1.29, 1.82) is 0 Å². The van der Waals surface area contributed by atoms with Crippen LogP contribution in [0.25, 0.3) is 0 Å². The largest absolute Gasteiger partial charge is 0.384 e. The molecular weight excluding hydrogens is 312 g/mol. The first-order valence-electron chi connectivity index (χ1n) is 8.28. The fraction of sp³-hybridized carbons (Fsp3) is 0.647. The van der Waals surface area contributed by atoms with Gasteiger partial charge in [0, 0.05) is 18.9 Å². The molecule has 0 radical (unpaired) electrons. The summed E-state index contributed by atoms with van der Waals surface area (Å²) < 4.78 is 0. The van der Waals surface area contributed by atoms with E-state index in [1.54, 1.807) is 6.92 Å². The predicted octanol–water partition coefficient (Wildman–Crippen LogP) is 2.16. The first-order chi connectivity index (χ1) is 11.0. The highest BCUT2D eigenvalue weighted by atomic mass is 32.1. The third-order valence-electron chi connectivity index (χ3n) is 4.40. The summed E-state index contributed by atoms with van der Waals surface area (Å²) in [7, 11) is 0. The van der Waals surface area contributed by atoms with Gasteiger partial charge in [-0.05, 0) is 42.2 Å². The molecule has 0 spiro atoms. The molecule has 1 heterocycles. The number of aliphatic hydroxyl groups is 1. The molecule has 5 nitrogen and oxygen atoms in total. The van der Waals surface area contributed by atoms with Gasteiger partial charge in [0.05, 0.1) is 6.54 Å². The maximum Gasteiger partial charge on any atom is 0.223 e. The van der Waals surface area contributed by atoms with Crippen LogP contribution >= 0.6 is 11.3 Å². The van der Waals surface area contributed by atoms with Gasteiger partial charge in [-0.2, -0.15) is 11.3 Å². The molecule has 1 aliphatic carbocycles. The van der Waals surface area contributed by atoms with E-state index < -0.39 is 5.60 Å². The molecule has 1 saturated carbocycles. The molecule has 3 N–H and O–H groups in total. The fourth-order valence-corrected chi connectivity index (χ4v) is 3.62. The maximum absolute atomic E-state index is 12.0. The highest BCUT2D eigenvalue weighted by molar-refractivity contribution is 7.08. The first-order valence-corrected chi connectivity index (χ1v) is 9.23. The van der Waals surface area contributed by atoms with Crippen molar-refractivity contribution in [2.45, 2.75) is 51.0 Å². The van der Waals surface area contributed by atoms with E-state index in [2.05, 4.69) is 10.6 Å². The van der Waals surface area contributed by atoms with Gasteiger partial charge in [-0.1, -0.05) is 19.3 Å². The smallest absolute Gasteiger partial charge is 0.223 e. The summed E-state index contributed by atoms with van der Waals surface area (Å²) in [5.74, 6) is 0.0263. The second-order valence-corrected chi connectivity index (χ2v) is 7.22. The summed E-state index contributed by atoms with van der Waals surface area (Å²) >= 11 is 1.51. The van der Waals surface area contributed by atoms with Gasteiger partial charge < -0.3 is 15.7 Å². The lowest BCUT2D eigenvalue weighted by Gasteiger charge is -2.23. The highest BCUT2D eigenvalue weighted by Crippen LogP contribution is 2.23. The third kappa shape index (κ3) is 5.62. The van der Waals surface area contributed by atoms with Crippen molar-refractivity contribution in [3.63, 3.8) is 0 Å². The molecule has 128 valence electrons. The van der Waals surface area contributed by atoms with Crippen LogP contribution in [0.3, 0.4) is 0 Å². The second kappa shape index (κ2) is 8.45. The van der Waals surface area contributed by atoms with Crippen LogP contribution in [0.15, 0.2) is 16.8 Å². The van der Waals surface area contributed by atoms with Gasteiger partial charge in [0.25, 0.3) is 0 Å². The van der Waals surface area contributed by atoms with E-state index >= 15 is 0 Å². The molecule has 0 bridgehead atoms. The number of hydrogen-bond donors (Lipinski definition) is 3. The Morgan fingerprint density at radius 3 is 2.70 bits per heavy atom. The Labute approximate surface area is 141 Å². The zero-order valence-electron chi connectivity index (χ0n) is 13.6. The number of thiophene rings is 1. The lowest BCUT2D eigenvalue weighted by Crippen LogP contribution is -2.40. The minimum Gasteiger partial charge on any atom is -0.384 e. The van der Waals surface area contributed by atoms with E-state index in [0.717, 1.165) is 31.2 Å². The first kappa shape index (κ1) is 17.9. The van der Waals surface area contributed by atoms with E-state index in [4.69, 9.17) is 0 Å². The van der Waals surface area contributed by atoms with Gasteiger partial charge in [0.15, 0.2) is 0 Å². The Hall–Kier alpha value is -1.40. The van der Waals surface area contributed by atoms with Crippen LogP contribution < -0.4 is 10.6 Å². The molecule has 2 amide bonds. The highest BCUT2D eigenvalue weighted by Gasteiger charge is 2.24. The Morgan fingerprint density at radius 1 is 1.30 bits per heavy atom. The molecule has 0 aliphatic heterocycles. The van der Waals surface area contributed by atoms with Crippen LogP contribution in [0.2, 0.25) is 0 Å². The van der Waals surface area contributed by atoms with E-state index in [-0.39, 0.29) is 30.7 Å². The SMILES string of the molecule is CC(O)(CNC(=O)CCNC(=O)C1CCCCC1)c1ccsc1. The summed E-state index contributed by atoms with van der Waals surface area (Å²) in [5, 5.41) is 19.7. The summed E-state index contributed by atoms with van der Waals surface area (Å²) in [4.78, 5) is 23.8. The lowest BCUT2D eigenvalue weighted by molar-refractivity contribution is -0.126. The average Bonchev–Trinajstić information content (AvgIpc) is 3.09. The van der Waals surface area contributed by atoms with Crippen molar-refractivity contribution in [2.24, 2.45) is 5.92 Å². The van der Waals surface area contributed by atoms with Crippen molar-refractivity contribution in [1.82, 2.24) is 10.6 Å². The van der Waals surface area contributed by atoms with Crippen LogP contribution in [0.1, 0.15) is 51.0 Å². The minimum absolute atomic E-state index is 0.0720. The summed E-state index contributed by atoms with van der Waals surface area (Å²) in [6, 6.07) is 1.85. The van der Waals surface area contributed by atoms with Gasteiger partial charge >= 0.3 is 0 Å². The quantitative estimate of drug-likeness (QED) is 0.713. The molecule has 2 rings (SSSR count). The topological polar surface area (TPSA) is 78.4 Å². The molecule has 1 fully saturated rings.